The van der Waals surface area contributed by atoms with Gasteiger partial charge in [0.2, 0.25) is 0 Å². The summed E-state index contributed by atoms with van der Waals surface area (Å²) in [5.74, 6) is -1.67. The third-order valence-corrected chi connectivity index (χ3v) is 5.59. The minimum atomic E-state index is -1.52. The number of carbonyl (C=O) groups is 2. The number of aliphatic carboxylic acids is 1. The van der Waals surface area contributed by atoms with Crippen LogP contribution in [-0.4, -0.2) is 80.7 Å². The number of allylic oxidation sites excluding steroid dienone is 1. The number of carboxylic acid groups (broad SMARTS) is 1. The summed E-state index contributed by atoms with van der Waals surface area (Å²) < 4.78 is 11.0. The molecule has 9 nitrogen and oxygen atoms in total. The topological polar surface area (TPSA) is 154 Å². The van der Waals surface area contributed by atoms with Crippen molar-refractivity contribution in [3.05, 3.63) is 11.6 Å². The molecule has 2 rings (SSSR count). The van der Waals surface area contributed by atoms with E-state index in [0.29, 0.717) is 12.8 Å². The first-order valence-electron chi connectivity index (χ1n) is 9.41. The van der Waals surface area contributed by atoms with Crippen molar-refractivity contribution in [2.75, 3.05) is 6.61 Å². The van der Waals surface area contributed by atoms with Gasteiger partial charge in [-0.1, -0.05) is 13.8 Å². The van der Waals surface area contributed by atoms with Gasteiger partial charge < -0.3 is 35.0 Å². The lowest BCUT2D eigenvalue weighted by atomic mass is 9.66. The molecule has 160 valence electrons. The van der Waals surface area contributed by atoms with Gasteiger partial charge in [-0.3, -0.25) is 4.79 Å². The number of ketones is 1. The van der Waals surface area contributed by atoms with Gasteiger partial charge in [-0.25, -0.2) is 4.79 Å². The molecule has 0 aromatic heterocycles. The Morgan fingerprint density at radius 2 is 1.93 bits per heavy atom. The zero-order chi connectivity index (χ0) is 21.2. The van der Waals surface area contributed by atoms with E-state index in [4.69, 9.17) is 9.47 Å². The largest absolute Gasteiger partial charge is 0.478 e. The summed E-state index contributed by atoms with van der Waals surface area (Å²) in [6.07, 6.45) is -4.91. The normalized spacial score (nSPS) is 36.7. The average Bonchev–Trinajstić information content (AvgIpc) is 2.59. The van der Waals surface area contributed by atoms with Crippen LogP contribution in [0.2, 0.25) is 0 Å². The van der Waals surface area contributed by atoms with Crippen LogP contribution < -0.4 is 0 Å². The maximum absolute atomic E-state index is 11.8. The van der Waals surface area contributed by atoms with Gasteiger partial charge in [0.1, 0.15) is 24.4 Å². The van der Waals surface area contributed by atoms with Crippen molar-refractivity contribution in [1.82, 2.24) is 0 Å². The maximum Gasteiger partial charge on any atom is 0.331 e. The van der Waals surface area contributed by atoms with Crippen LogP contribution in [0.25, 0.3) is 0 Å². The first-order valence-corrected chi connectivity index (χ1v) is 9.41. The van der Waals surface area contributed by atoms with Crippen LogP contribution in [0, 0.1) is 11.3 Å². The monoisotopic (exact) mass is 402 g/mol. The second kappa shape index (κ2) is 8.98. The lowest BCUT2D eigenvalue weighted by molar-refractivity contribution is -0.310. The highest BCUT2D eigenvalue weighted by atomic mass is 16.7. The molecule has 9 heteroatoms. The van der Waals surface area contributed by atoms with Crippen molar-refractivity contribution < 1.29 is 44.6 Å². The molecule has 7 atom stereocenters. The molecule has 28 heavy (non-hydrogen) atoms. The van der Waals surface area contributed by atoms with Crippen LogP contribution in [0.1, 0.15) is 40.0 Å². The van der Waals surface area contributed by atoms with E-state index in [2.05, 4.69) is 0 Å². The number of aliphatic hydroxyl groups excluding tert-OH is 4. The lowest BCUT2D eigenvalue weighted by Gasteiger charge is -2.41. The van der Waals surface area contributed by atoms with Gasteiger partial charge in [0.05, 0.1) is 12.7 Å². The van der Waals surface area contributed by atoms with E-state index in [0.717, 1.165) is 0 Å². The molecule has 1 fully saturated rings. The van der Waals surface area contributed by atoms with Gasteiger partial charge in [-0.2, -0.15) is 0 Å². The first kappa shape index (κ1) is 22.9. The molecule has 0 radical (unpaired) electrons. The Balaban J connectivity index is 2.01. The number of carboxylic acids is 1. The van der Waals surface area contributed by atoms with Crippen LogP contribution in [0.5, 0.6) is 0 Å². The van der Waals surface area contributed by atoms with E-state index in [1.54, 1.807) is 6.92 Å². The zero-order valence-corrected chi connectivity index (χ0v) is 16.3. The highest BCUT2D eigenvalue weighted by Crippen LogP contribution is 2.43. The minimum Gasteiger partial charge on any atom is -0.478 e. The van der Waals surface area contributed by atoms with Crippen LogP contribution in [0.15, 0.2) is 11.6 Å². The third-order valence-electron chi connectivity index (χ3n) is 5.59. The quantitative estimate of drug-likeness (QED) is 0.382. The molecular weight excluding hydrogens is 372 g/mol. The van der Waals surface area contributed by atoms with E-state index < -0.39 is 54.8 Å². The van der Waals surface area contributed by atoms with Gasteiger partial charge in [0, 0.05) is 12.0 Å². The summed E-state index contributed by atoms with van der Waals surface area (Å²) >= 11 is 0. The standard InChI is InChI=1S/C19H30O9/c1-9(27-18-16(24)15(23)14(22)13(8-20)28-18)4-5-12-11(17(25)26)6-10(21)7-19(12,2)3/h6,9,12-16,18,20,22-24H,4-5,7-8H2,1-3H3,(H,25,26)/t9-,12+,13-,14-,15+,16-,18-/m1/s1. The van der Waals surface area contributed by atoms with Crippen LogP contribution in [0.4, 0.5) is 0 Å². The number of aliphatic hydroxyl groups is 4. The number of rotatable bonds is 7. The summed E-state index contributed by atoms with van der Waals surface area (Å²) in [4.78, 5) is 23.4. The van der Waals surface area contributed by atoms with E-state index in [-0.39, 0.29) is 23.7 Å². The van der Waals surface area contributed by atoms with Crippen LogP contribution >= 0.6 is 0 Å². The van der Waals surface area contributed by atoms with E-state index in [1.807, 2.05) is 13.8 Å². The Bertz CT molecular complexity index is 613. The fourth-order valence-electron chi connectivity index (χ4n) is 3.95. The molecule has 0 saturated carbocycles. The number of hydrogen-bond acceptors (Lipinski definition) is 8. The molecule has 1 aliphatic heterocycles. The molecule has 0 aromatic rings. The van der Waals surface area contributed by atoms with Crippen molar-refractivity contribution >= 4 is 11.8 Å². The first-order chi connectivity index (χ1) is 13.0. The Kier molecular flexibility index (Phi) is 7.35. The predicted octanol–water partition coefficient (Wildman–Crippen LogP) is -0.402. The molecule has 1 aliphatic carbocycles. The zero-order valence-electron chi connectivity index (χ0n) is 16.3. The van der Waals surface area contributed by atoms with Crippen molar-refractivity contribution in [1.29, 1.82) is 0 Å². The second-order valence-corrected chi connectivity index (χ2v) is 8.31. The summed E-state index contributed by atoms with van der Waals surface area (Å²) in [6, 6.07) is 0. The summed E-state index contributed by atoms with van der Waals surface area (Å²) in [5, 5.41) is 48.4. The van der Waals surface area contributed by atoms with Gasteiger partial charge in [0.15, 0.2) is 12.1 Å². The number of ether oxygens (including phenoxy) is 2. The predicted molar refractivity (Wildman–Crippen MR) is 96.2 cm³/mol. The highest BCUT2D eigenvalue weighted by molar-refractivity contribution is 6.01. The highest BCUT2D eigenvalue weighted by Gasteiger charge is 2.45. The molecule has 1 heterocycles. The Hall–Kier alpha value is -1.36. The van der Waals surface area contributed by atoms with Gasteiger partial charge in [-0.15, -0.1) is 0 Å². The summed E-state index contributed by atoms with van der Waals surface area (Å²) in [7, 11) is 0. The SMILES string of the molecule is C[C@H](CC[C@H]1C(C(=O)O)=CC(=O)CC1(C)C)O[C@@H]1O[C@H](CO)[C@@H](O)[C@H](O)[C@H]1O. The second-order valence-electron chi connectivity index (χ2n) is 8.31. The van der Waals surface area contributed by atoms with Crippen molar-refractivity contribution in [2.24, 2.45) is 11.3 Å². The van der Waals surface area contributed by atoms with Crippen LogP contribution in [0.3, 0.4) is 0 Å². The van der Waals surface area contributed by atoms with Gasteiger partial charge in [-0.05, 0) is 37.2 Å². The van der Waals surface area contributed by atoms with Crippen molar-refractivity contribution in [3.8, 4) is 0 Å². The molecular formula is C19H30O9. The molecule has 5 N–H and O–H groups in total. The Labute approximate surface area is 163 Å². The molecule has 0 aromatic carbocycles. The fraction of sp³-hybridized carbons (Fsp3) is 0.789. The Morgan fingerprint density at radius 1 is 1.29 bits per heavy atom. The molecule has 0 spiro atoms. The van der Waals surface area contributed by atoms with Gasteiger partial charge in [0.25, 0.3) is 0 Å². The molecule has 2 aliphatic rings. The maximum atomic E-state index is 11.8. The van der Waals surface area contributed by atoms with Gasteiger partial charge >= 0.3 is 5.97 Å². The summed E-state index contributed by atoms with van der Waals surface area (Å²) in [6.45, 7) is 4.88. The molecule has 0 amide bonds. The number of hydrogen-bond donors (Lipinski definition) is 5. The van der Waals surface area contributed by atoms with E-state index in [1.165, 1.54) is 6.08 Å². The molecule has 0 unspecified atom stereocenters. The van der Waals surface area contributed by atoms with Crippen molar-refractivity contribution in [2.45, 2.75) is 76.8 Å². The smallest absolute Gasteiger partial charge is 0.331 e. The van der Waals surface area contributed by atoms with Crippen LogP contribution in [-0.2, 0) is 19.1 Å². The van der Waals surface area contributed by atoms with E-state index in [9.17, 15) is 35.1 Å². The average molecular weight is 402 g/mol. The Morgan fingerprint density at radius 3 is 2.50 bits per heavy atom. The van der Waals surface area contributed by atoms with E-state index >= 15 is 0 Å². The molecule has 0 bridgehead atoms. The third kappa shape index (κ3) is 4.97. The number of carbonyl (C=O) groups excluding carboxylic acids is 1. The minimum absolute atomic E-state index is 0.0845. The van der Waals surface area contributed by atoms with Crippen molar-refractivity contribution in [3.63, 3.8) is 0 Å². The fourth-order valence-corrected chi connectivity index (χ4v) is 3.95. The summed E-state index contributed by atoms with van der Waals surface area (Å²) in [5.41, 5.74) is -0.427. The molecule has 1 saturated heterocycles. The lowest BCUT2D eigenvalue weighted by Crippen LogP contribution is -2.59.